The Bertz CT molecular complexity index is 593. The van der Waals surface area contributed by atoms with Crippen LogP contribution < -0.4 is 10.5 Å². The van der Waals surface area contributed by atoms with Gasteiger partial charge in [-0.2, -0.15) is 5.26 Å². The van der Waals surface area contributed by atoms with Gasteiger partial charge in [0.2, 0.25) is 0 Å². The van der Waals surface area contributed by atoms with E-state index in [2.05, 4.69) is 20.9 Å². The number of ether oxygens (including phenoxy) is 1. The van der Waals surface area contributed by atoms with E-state index in [4.69, 9.17) is 15.7 Å². The van der Waals surface area contributed by atoms with Crippen molar-refractivity contribution in [2.45, 2.75) is 0 Å². The molecule has 1 heterocycles. The maximum absolute atomic E-state index is 8.75. The number of anilines is 1. The molecule has 1 aromatic heterocycles. The van der Waals surface area contributed by atoms with E-state index in [-0.39, 0.29) is 0 Å². The van der Waals surface area contributed by atoms with Gasteiger partial charge in [0.25, 0.3) is 0 Å². The van der Waals surface area contributed by atoms with Gasteiger partial charge in [-0.25, -0.2) is 0 Å². The smallest absolute Gasteiger partial charge is 0.146 e. The summed E-state index contributed by atoms with van der Waals surface area (Å²) in [6.07, 6.45) is 3.26. The number of pyridine rings is 1. The van der Waals surface area contributed by atoms with Crippen molar-refractivity contribution in [3.8, 4) is 17.6 Å². The van der Waals surface area contributed by atoms with Crippen LogP contribution in [0.1, 0.15) is 5.56 Å². The quantitative estimate of drug-likeness (QED) is 0.863. The van der Waals surface area contributed by atoms with Crippen molar-refractivity contribution in [2.24, 2.45) is 0 Å². The molecule has 0 spiro atoms. The van der Waals surface area contributed by atoms with E-state index < -0.39 is 0 Å². The highest BCUT2D eigenvalue weighted by Gasteiger charge is 2.02. The zero-order chi connectivity index (χ0) is 12.3. The third-order valence-electron chi connectivity index (χ3n) is 2.06. The first-order valence-electron chi connectivity index (χ1n) is 4.77. The molecule has 0 radical (unpaired) electrons. The molecule has 0 atom stereocenters. The molecule has 2 rings (SSSR count). The summed E-state index contributed by atoms with van der Waals surface area (Å²) in [6.45, 7) is 0. The highest BCUT2D eigenvalue weighted by atomic mass is 79.9. The number of nitrogens with two attached hydrogens (primary N) is 1. The molecule has 84 valence electrons. The molecule has 0 aliphatic carbocycles. The fourth-order valence-electron chi connectivity index (χ4n) is 1.29. The third-order valence-corrected chi connectivity index (χ3v) is 2.49. The van der Waals surface area contributed by atoms with Gasteiger partial charge in [0, 0.05) is 16.7 Å². The summed E-state index contributed by atoms with van der Waals surface area (Å²) in [5.74, 6) is 1.17. The molecule has 5 heteroatoms. The molecule has 0 aliphatic heterocycles. The van der Waals surface area contributed by atoms with E-state index in [1.165, 1.54) is 0 Å². The predicted octanol–water partition coefficient (Wildman–Crippen LogP) is 3.09. The molecule has 4 nitrogen and oxygen atoms in total. The lowest BCUT2D eigenvalue weighted by molar-refractivity contribution is 0.480. The Hall–Kier alpha value is -2.06. The highest BCUT2D eigenvalue weighted by molar-refractivity contribution is 9.10. The first kappa shape index (κ1) is 11.4. The molecule has 2 N–H and O–H groups in total. The molecule has 0 saturated carbocycles. The van der Waals surface area contributed by atoms with Crippen molar-refractivity contribution in [3.05, 3.63) is 46.7 Å². The van der Waals surface area contributed by atoms with E-state index in [1.807, 2.05) is 6.07 Å². The molecule has 0 fully saturated rings. The number of nitriles is 1. The van der Waals surface area contributed by atoms with Crippen molar-refractivity contribution >= 4 is 21.6 Å². The van der Waals surface area contributed by atoms with Gasteiger partial charge in [0.15, 0.2) is 0 Å². The standard InChI is InChI=1S/C12H8BrN3O/c13-9-3-11(7-16-6-9)17-10-2-1-8(5-14)12(15)4-10/h1-4,6-7H,15H2. The maximum atomic E-state index is 8.75. The zero-order valence-electron chi connectivity index (χ0n) is 8.72. The minimum absolute atomic E-state index is 0.396. The van der Waals surface area contributed by atoms with Crippen LogP contribution in [0.4, 0.5) is 5.69 Å². The van der Waals surface area contributed by atoms with Crippen LogP contribution in [0.3, 0.4) is 0 Å². The van der Waals surface area contributed by atoms with Crippen LogP contribution in [-0.4, -0.2) is 4.98 Å². The number of aromatic nitrogens is 1. The minimum atomic E-state index is 0.396. The molecular formula is C12H8BrN3O. The molecule has 0 amide bonds. The average molecular weight is 290 g/mol. The Kier molecular flexibility index (Phi) is 3.26. The minimum Gasteiger partial charge on any atom is -0.456 e. The molecule has 2 aromatic rings. The van der Waals surface area contributed by atoms with Gasteiger partial charge in [-0.1, -0.05) is 0 Å². The Morgan fingerprint density at radius 1 is 1.24 bits per heavy atom. The second-order valence-corrected chi connectivity index (χ2v) is 4.22. The van der Waals surface area contributed by atoms with Crippen LogP contribution in [-0.2, 0) is 0 Å². The van der Waals surface area contributed by atoms with Gasteiger partial charge in [-0.05, 0) is 34.1 Å². The van der Waals surface area contributed by atoms with E-state index in [0.29, 0.717) is 22.7 Å². The molecular weight excluding hydrogens is 282 g/mol. The second-order valence-electron chi connectivity index (χ2n) is 3.30. The Labute approximate surface area is 107 Å². The third kappa shape index (κ3) is 2.74. The number of hydrogen-bond acceptors (Lipinski definition) is 4. The summed E-state index contributed by atoms with van der Waals surface area (Å²) < 4.78 is 6.39. The van der Waals surface area contributed by atoms with E-state index >= 15 is 0 Å². The normalized spacial score (nSPS) is 9.65. The number of hydrogen-bond donors (Lipinski definition) is 1. The monoisotopic (exact) mass is 289 g/mol. The van der Waals surface area contributed by atoms with Gasteiger partial charge in [0.05, 0.1) is 17.4 Å². The van der Waals surface area contributed by atoms with Gasteiger partial charge in [-0.15, -0.1) is 0 Å². The van der Waals surface area contributed by atoms with Crippen LogP contribution in [0, 0.1) is 11.3 Å². The van der Waals surface area contributed by atoms with Crippen molar-refractivity contribution in [1.82, 2.24) is 4.98 Å². The SMILES string of the molecule is N#Cc1ccc(Oc2cncc(Br)c2)cc1N. The number of nitrogen functional groups attached to an aromatic ring is 1. The predicted molar refractivity (Wildman–Crippen MR) is 67.6 cm³/mol. The number of rotatable bonds is 2. The summed E-state index contributed by atoms with van der Waals surface area (Å²) in [7, 11) is 0. The molecule has 0 bridgehead atoms. The van der Waals surface area contributed by atoms with Gasteiger partial charge in [-0.3, -0.25) is 4.98 Å². The van der Waals surface area contributed by atoms with Crippen LogP contribution in [0.5, 0.6) is 11.5 Å². The molecule has 17 heavy (non-hydrogen) atoms. The zero-order valence-corrected chi connectivity index (χ0v) is 10.3. The van der Waals surface area contributed by atoms with Gasteiger partial charge < -0.3 is 10.5 Å². The molecule has 0 aliphatic rings. The summed E-state index contributed by atoms with van der Waals surface area (Å²) in [5, 5.41) is 8.75. The molecule has 0 unspecified atom stereocenters. The lowest BCUT2D eigenvalue weighted by Crippen LogP contribution is -1.92. The van der Waals surface area contributed by atoms with Gasteiger partial charge >= 0.3 is 0 Å². The first-order chi connectivity index (χ1) is 8.19. The van der Waals surface area contributed by atoms with Crippen LogP contribution in [0.15, 0.2) is 41.1 Å². The van der Waals surface area contributed by atoms with Gasteiger partial charge in [0.1, 0.15) is 17.6 Å². The van der Waals surface area contributed by atoms with Crippen LogP contribution in [0.2, 0.25) is 0 Å². The summed E-state index contributed by atoms with van der Waals surface area (Å²) in [6, 6.07) is 8.71. The van der Waals surface area contributed by atoms with Crippen molar-refractivity contribution < 1.29 is 4.74 Å². The van der Waals surface area contributed by atoms with Crippen molar-refractivity contribution in [3.63, 3.8) is 0 Å². The first-order valence-corrected chi connectivity index (χ1v) is 5.56. The van der Waals surface area contributed by atoms with E-state index in [9.17, 15) is 0 Å². The second kappa shape index (κ2) is 4.85. The lowest BCUT2D eigenvalue weighted by atomic mass is 10.2. The van der Waals surface area contributed by atoms with Crippen molar-refractivity contribution in [1.29, 1.82) is 5.26 Å². The Morgan fingerprint density at radius 2 is 2.06 bits per heavy atom. The molecule has 1 aromatic carbocycles. The van der Waals surface area contributed by atoms with Crippen molar-refractivity contribution in [2.75, 3.05) is 5.73 Å². The highest BCUT2D eigenvalue weighted by Crippen LogP contribution is 2.26. The topological polar surface area (TPSA) is 71.9 Å². The summed E-state index contributed by atoms with van der Waals surface area (Å²) in [5.41, 5.74) is 6.52. The summed E-state index contributed by atoms with van der Waals surface area (Å²) >= 11 is 3.30. The number of benzene rings is 1. The van der Waals surface area contributed by atoms with Crippen LogP contribution >= 0.6 is 15.9 Å². The van der Waals surface area contributed by atoms with Crippen LogP contribution in [0.25, 0.3) is 0 Å². The maximum Gasteiger partial charge on any atom is 0.146 e. The lowest BCUT2D eigenvalue weighted by Gasteiger charge is -2.06. The Morgan fingerprint density at radius 3 is 2.71 bits per heavy atom. The average Bonchev–Trinajstić information content (AvgIpc) is 2.29. The van der Waals surface area contributed by atoms with E-state index in [1.54, 1.807) is 36.7 Å². The van der Waals surface area contributed by atoms with E-state index in [0.717, 1.165) is 4.47 Å². The fourth-order valence-corrected chi connectivity index (χ4v) is 1.63. The Balaban J connectivity index is 2.25. The summed E-state index contributed by atoms with van der Waals surface area (Å²) in [4.78, 5) is 3.98. The number of halogens is 1. The number of nitrogens with zero attached hydrogens (tertiary/aromatic N) is 2. The molecule has 0 saturated heterocycles. The fraction of sp³-hybridized carbons (Fsp3) is 0. The largest absolute Gasteiger partial charge is 0.456 e.